The van der Waals surface area contributed by atoms with Gasteiger partial charge in [-0.3, -0.25) is 9.69 Å². The molecule has 0 aliphatic carbocycles. The Bertz CT molecular complexity index is 707. The number of hydrogen-bond donors (Lipinski definition) is 1. The fourth-order valence-corrected chi connectivity index (χ4v) is 4.57. The molecule has 1 aliphatic heterocycles. The number of amides is 1. The largest absolute Gasteiger partial charge is 0.467 e. The van der Waals surface area contributed by atoms with Gasteiger partial charge in [0.15, 0.2) is 0 Å². The maximum absolute atomic E-state index is 13.4. The van der Waals surface area contributed by atoms with E-state index in [1.165, 1.54) is 39.2 Å². The molecule has 2 rings (SSSR count). The molecule has 1 amide bonds. The van der Waals surface area contributed by atoms with E-state index in [2.05, 4.69) is 29.3 Å². The summed E-state index contributed by atoms with van der Waals surface area (Å²) in [5, 5.41) is 2.88. The summed E-state index contributed by atoms with van der Waals surface area (Å²) in [6.45, 7) is 8.45. The molecular weight excluding hydrogens is 404 g/mol. The van der Waals surface area contributed by atoms with Crippen LogP contribution in [-0.2, 0) is 19.1 Å². The maximum Gasteiger partial charge on any atom is 0.328 e. The zero-order valence-electron chi connectivity index (χ0n) is 20.6. The van der Waals surface area contributed by atoms with Crippen molar-refractivity contribution in [3.8, 4) is 0 Å². The maximum atomic E-state index is 13.4. The lowest BCUT2D eigenvalue weighted by molar-refractivity contribution is -0.147. The lowest BCUT2D eigenvalue weighted by Gasteiger charge is -2.39. The number of hydrogen-bond acceptors (Lipinski definition) is 5. The molecule has 0 radical (unpaired) electrons. The minimum Gasteiger partial charge on any atom is -0.467 e. The minimum atomic E-state index is -0.689. The number of methoxy groups -OCH3 is 1. The van der Waals surface area contributed by atoms with Gasteiger partial charge in [-0.25, -0.2) is 4.79 Å². The van der Waals surface area contributed by atoms with Gasteiger partial charge in [0, 0.05) is 0 Å². The highest BCUT2D eigenvalue weighted by molar-refractivity contribution is 5.87. The summed E-state index contributed by atoms with van der Waals surface area (Å²) in [7, 11) is 1.34. The van der Waals surface area contributed by atoms with Gasteiger partial charge in [-0.2, -0.15) is 0 Å². The number of esters is 1. The van der Waals surface area contributed by atoms with Crippen LogP contribution in [0.5, 0.6) is 0 Å². The Balaban J connectivity index is 2.16. The second-order valence-corrected chi connectivity index (χ2v) is 9.27. The van der Waals surface area contributed by atoms with E-state index in [-0.39, 0.29) is 18.0 Å². The summed E-state index contributed by atoms with van der Waals surface area (Å²) in [5.41, 5.74) is 0.550. The number of unbranched alkanes of at least 4 members (excludes halogenated alkanes) is 6. The molecule has 0 saturated carbocycles. The lowest BCUT2D eigenvalue weighted by atomic mass is 9.97. The van der Waals surface area contributed by atoms with Gasteiger partial charge in [0.2, 0.25) is 5.91 Å². The molecule has 0 aromatic heterocycles. The predicted octanol–water partition coefficient (Wildman–Crippen LogP) is 4.98. The van der Waals surface area contributed by atoms with E-state index in [4.69, 9.17) is 9.47 Å². The first-order valence-corrected chi connectivity index (χ1v) is 12.2. The highest BCUT2D eigenvalue weighted by atomic mass is 16.5. The molecular formula is C26H42N2O4. The molecule has 0 bridgehead atoms. The molecule has 1 saturated heterocycles. The number of nitrogens with zero attached hydrogens (tertiary/aromatic N) is 1. The molecule has 180 valence electrons. The average molecular weight is 447 g/mol. The predicted molar refractivity (Wildman–Crippen MR) is 127 cm³/mol. The quantitative estimate of drug-likeness (QED) is 0.342. The van der Waals surface area contributed by atoms with Crippen LogP contribution in [0.25, 0.3) is 0 Å². The van der Waals surface area contributed by atoms with Gasteiger partial charge in [-0.05, 0) is 32.8 Å². The second-order valence-electron chi connectivity index (χ2n) is 9.27. The normalized spacial score (nSPS) is 20.0. The standard InChI is InChI=1S/C26H42N2O4/c1-6-7-8-9-10-11-15-18-22(24(29)27-20(2)25(30)31-5)28-23(19-32-26(28,3)4)21-16-13-12-14-17-21/h12-14,16-17,20,22-23H,6-11,15,18-19H2,1-5H3,(H,27,29)/t20-,22-,23-/m0/s1. The minimum absolute atomic E-state index is 0.0139. The fraction of sp³-hybridized carbons (Fsp3) is 0.692. The van der Waals surface area contributed by atoms with Gasteiger partial charge in [0.1, 0.15) is 11.8 Å². The van der Waals surface area contributed by atoms with Crippen molar-refractivity contribution in [2.24, 2.45) is 0 Å². The van der Waals surface area contributed by atoms with Crippen LogP contribution in [0, 0.1) is 0 Å². The summed E-state index contributed by atoms with van der Waals surface area (Å²) in [6, 6.07) is 9.11. The van der Waals surface area contributed by atoms with Crippen LogP contribution in [-0.4, -0.2) is 48.3 Å². The van der Waals surface area contributed by atoms with Gasteiger partial charge in [0.25, 0.3) is 0 Å². The van der Waals surface area contributed by atoms with E-state index in [9.17, 15) is 9.59 Å². The third-order valence-electron chi connectivity index (χ3n) is 6.37. The number of benzene rings is 1. The number of rotatable bonds is 13. The number of nitrogens with one attached hydrogen (secondary N) is 1. The van der Waals surface area contributed by atoms with Crippen molar-refractivity contribution < 1.29 is 19.1 Å². The Morgan fingerprint density at radius 3 is 2.38 bits per heavy atom. The van der Waals surface area contributed by atoms with Crippen molar-refractivity contribution in [2.75, 3.05) is 13.7 Å². The molecule has 1 aliphatic rings. The number of ether oxygens (including phenoxy) is 2. The third-order valence-corrected chi connectivity index (χ3v) is 6.37. The average Bonchev–Trinajstić information content (AvgIpc) is 3.10. The third kappa shape index (κ3) is 7.31. The zero-order chi connectivity index (χ0) is 23.6. The smallest absolute Gasteiger partial charge is 0.328 e. The molecule has 1 fully saturated rings. The van der Waals surface area contributed by atoms with Crippen LogP contribution >= 0.6 is 0 Å². The van der Waals surface area contributed by atoms with E-state index < -0.39 is 17.7 Å². The monoisotopic (exact) mass is 446 g/mol. The molecule has 32 heavy (non-hydrogen) atoms. The van der Waals surface area contributed by atoms with E-state index in [1.807, 2.05) is 32.0 Å². The van der Waals surface area contributed by atoms with Crippen LogP contribution in [0.15, 0.2) is 30.3 Å². The van der Waals surface area contributed by atoms with Crippen LogP contribution < -0.4 is 5.32 Å². The lowest BCUT2D eigenvalue weighted by Crippen LogP contribution is -2.56. The summed E-state index contributed by atoms with van der Waals surface area (Å²) in [6.07, 6.45) is 9.03. The van der Waals surface area contributed by atoms with Crippen molar-refractivity contribution >= 4 is 11.9 Å². The molecule has 1 aromatic rings. The first kappa shape index (κ1) is 26.3. The highest BCUT2D eigenvalue weighted by Crippen LogP contribution is 2.39. The number of carbonyl (C=O) groups is 2. The van der Waals surface area contributed by atoms with E-state index in [0.29, 0.717) is 6.61 Å². The Kier molecular flexibility index (Phi) is 10.7. The van der Waals surface area contributed by atoms with Crippen LogP contribution in [0.4, 0.5) is 0 Å². The highest BCUT2D eigenvalue weighted by Gasteiger charge is 2.47. The Labute approximate surface area is 194 Å². The van der Waals surface area contributed by atoms with Gasteiger partial charge >= 0.3 is 5.97 Å². The first-order valence-electron chi connectivity index (χ1n) is 12.2. The van der Waals surface area contributed by atoms with Gasteiger partial charge in [-0.15, -0.1) is 0 Å². The molecule has 0 spiro atoms. The van der Waals surface area contributed by atoms with Crippen LogP contribution in [0.1, 0.15) is 90.7 Å². The van der Waals surface area contributed by atoms with Gasteiger partial charge in [0.05, 0.1) is 25.8 Å². The summed E-state index contributed by atoms with van der Waals surface area (Å²) in [4.78, 5) is 27.5. The van der Waals surface area contributed by atoms with Crippen LogP contribution in [0.3, 0.4) is 0 Å². The Morgan fingerprint density at radius 1 is 1.12 bits per heavy atom. The van der Waals surface area contributed by atoms with Crippen molar-refractivity contribution in [3.63, 3.8) is 0 Å². The van der Waals surface area contributed by atoms with Gasteiger partial charge < -0.3 is 14.8 Å². The van der Waals surface area contributed by atoms with Crippen molar-refractivity contribution in [1.29, 1.82) is 0 Å². The summed E-state index contributed by atoms with van der Waals surface area (Å²) >= 11 is 0. The van der Waals surface area contributed by atoms with Crippen LogP contribution in [0.2, 0.25) is 0 Å². The molecule has 6 heteroatoms. The van der Waals surface area contributed by atoms with Crippen molar-refractivity contribution in [3.05, 3.63) is 35.9 Å². The molecule has 1 N–H and O–H groups in total. The van der Waals surface area contributed by atoms with E-state index >= 15 is 0 Å². The number of carbonyl (C=O) groups excluding carboxylic acids is 2. The first-order chi connectivity index (χ1) is 15.3. The molecule has 6 nitrogen and oxygen atoms in total. The SMILES string of the molecule is CCCCCCCCC[C@@H](C(=O)N[C@@H](C)C(=O)OC)N1[C@H](c2ccccc2)COC1(C)C. The summed E-state index contributed by atoms with van der Waals surface area (Å²) in [5.74, 6) is -0.585. The Hall–Kier alpha value is -1.92. The van der Waals surface area contributed by atoms with E-state index in [1.54, 1.807) is 6.92 Å². The molecule has 0 unspecified atom stereocenters. The van der Waals surface area contributed by atoms with E-state index in [0.717, 1.165) is 24.8 Å². The van der Waals surface area contributed by atoms with Crippen molar-refractivity contribution in [1.82, 2.24) is 10.2 Å². The molecule has 1 heterocycles. The molecule has 3 atom stereocenters. The van der Waals surface area contributed by atoms with Gasteiger partial charge in [-0.1, -0.05) is 82.2 Å². The topological polar surface area (TPSA) is 67.9 Å². The fourth-order valence-electron chi connectivity index (χ4n) is 4.57. The molecule has 1 aromatic carbocycles. The summed E-state index contributed by atoms with van der Waals surface area (Å²) < 4.78 is 11.0. The zero-order valence-corrected chi connectivity index (χ0v) is 20.6. The second kappa shape index (κ2) is 12.9. The Morgan fingerprint density at radius 2 is 1.75 bits per heavy atom. The van der Waals surface area contributed by atoms with Crippen molar-refractivity contribution in [2.45, 2.75) is 103 Å².